The monoisotopic (exact) mass is 361 g/mol. The highest BCUT2D eigenvalue weighted by molar-refractivity contribution is 6.20. The summed E-state index contributed by atoms with van der Waals surface area (Å²) < 4.78 is 28.4. The maximum absolute atomic E-state index is 12.1. The first kappa shape index (κ1) is 17.5. The molecule has 0 bridgehead atoms. The van der Waals surface area contributed by atoms with E-state index in [0.717, 1.165) is 0 Å². The normalized spacial score (nSPS) is 13.1. The van der Waals surface area contributed by atoms with Crippen molar-refractivity contribution in [3.05, 3.63) is 65.2 Å². The van der Waals surface area contributed by atoms with E-state index in [2.05, 4.69) is 4.74 Å². The van der Waals surface area contributed by atoms with Crippen molar-refractivity contribution in [2.45, 2.75) is 19.5 Å². The lowest BCUT2D eigenvalue weighted by atomic mass is 10.1. The third-order valence-corrected chi connectivity index (χ3v) is 3.72. The topological polar surface area (TPSA) is 72.9 Å². The van der Waals surface area contributed by atoms with Crippen LogP contribution >= 0.6 is 0 Å². The van der Waals surface area contributed by atoms with Gasteiger partial charge in [-0.3, -0.25) is 9.59 Å². The molecular formula is C18H13F2NO5. The highest BCUT2D eigenvalue weighted by atomic mass is 19.3. The van der Waals surface area contributed by atoms with E-state index in [1.165, 1.54) is 36.4 Å². The number of hydrogen-bond donors (Lipinski definition) is 0. The minimum absolute atomic E-state index is 0.0114. The number of halogens is 2. The van der Waals surface area contributed by atoms with Gasteiger partial charge in [-0.2, -0.15) is 8.78 Å². The molecule has 1 aliphatic rings. The largest absolute Gasteiger partial charge is 0.435 e. The Morgan fingerprint density at radius 2 is 1.54 bits per heavy atom. The van der Waals surface area contributed by atoms with Gasteiger partial charge in [0.2, 0.25) is 0 Å². The molecule has 0 aliphatic carbocycles. The Hall–Kier alpha value is -3.29. The summed E-state index contributed by atoms with van der Waals surface area (Å²) in [7, 11) is 0. The van der Waals surface area contributed by atoms with Crippen molar-refractivity contribution in [1.82, 2.24) is 5.06 Å². The van der Waals surface area contributed by atoms with Crippen LogP contribution in [0, 0.1) is 0 Å². The Morgan fingerprint density at radius 3 is 2.08 bits per heavy atom. The van der Waals surface area contributed by atoms with Gasteiger partial charge in [0.05, 0.1) is 17.5 Å². The number of rotatable bonds is 6. The van der Waals surface area contributed by atoms with Gasteiger partial charge in [-0.1, -0.05) is 29.3 Å². The molecule has 0 fully saturated rings. The SMILES string of the molecule is O=C(CCc1ccc(OC(F)F)cc1)ON1C(=O)c2ccccc2C1=O. The van der Waals surface area contributed by atoms with Crippen LogP contribution in [-0.2, 0) is 16.1 Å². The molecule has 0 saturated heterocycles. The molecule has 134 valence electrons. The van der Waals surface area contributed by atoms with Crippen molar-refractivity contribution in [3.8, 4) is 5.75 Å². The molecule has 2 amide bonds. The minimum Gasteiger partial charge on any atom is -0.435 e. The first-order valence-electron chi connectivity index (χ1n) is 7.68. The number of amides is 2. The smallest absolute Gasteiger partial charge is 0.387 e. The van der Waals surface area contributed by atoms with Crippen molar-refractivity contribution < 1.29 is 32.7 Å². The van der Waals surface area contributed by atoms with Gasteiger partial charge in [-0.25, -0.2) is 4.79 Å². The van der Waals surface area contributed by atoms with E-state index in [1.807, 2.05) is 0 Å². The van der Waals surface area contributed by atoms with Gasteiger partial charge in [-0.05, 0) is 36.2 Å². The molecule has 2 aromatic rings. The van der Waals surface area contributed by atoms with Crippen LogP contribution in [0.5, 0.6) is 5.75 Å². The second kappa shape index (κ2) is 7.30. The van der Waals surface area contributed by atoms with E-state index in [1.54, 1.807) is 12.1 Å². The first-order chi connectivity index (χ1) is 12.5. The molecular weight excluding hydrogens is 348 g/mol. The maximum Gasteiger partial charge on any atom is 0.387 e. The van der Waals surface area contributed by atoms with Crippen molar-refractivity contribution in [2.75, 3.05) is 0 Å². The number of nitrogens with zero attached hydrogens (tertiary/aromatic N) is 1. The van der Waals surface area contributed by atoms with Gasteiger partial charge in [0.1, 0.15) is 5.75 Å². The maximum atomic E-state index is 12.1. The molecule has 0 N–H and O–H groups in total. The van der Waals surface area contributed by atoms with Crippen LogP contribution < -0.4 is 4.74 Å². The number of ether oxygens (including phenoxy) is 1. The molecule has 3 rings (SSSR count). The van der Waals surface area contributed by atoms with Gasteiger partial charge in [0, 0.05) is 0 Å². The van der Waals surface area contributed by atoms with Crippen molar-refractivity contribution in [1.29, 1.82) is 0 Å². The fourth-order valence-corrected chi connectivity index (χ4v) is 2.48. The average Bonchev–Trinajstić information content (AvgIpc) is 2.86. The van der Waals surface area contributed by atoms with Crippen LogP contribution in [0.15, 0.2) is 48.5 Å². The third-order valence-electron chi connectivity index (χ3n) is 3.72. The molecule has 0 atom stereocenters. The summed E-state index contributed by atoms with van der Waals surface area (Å²) >= 11 is 0. The molecule has 0 aromatic heterocycles. The molecule has 6 nitrogen and oxygen atoms in total. The van der Waals surface area contributed by atoms with Gasteiger partial charge in [0.15, 0.2) is 0 Å². The number of aryl methyl sites for hydroxylation is 1. The molecule has 2 aromatic carbocycles. The predicted octanol–water partition coefficient (Wildman–Crippen LogP) is 2.98. The quantitative estimate of drug-likeness (QED) is 0.740. The Balaban J connectivity index is 1.55. The number of imide groups is 1. The van der Waals surface area contributed by atoms with Gasteiger partial charge < -0.3 is 9.57 Å². The summed E-state index contributed by atoms with van der Waals surface area (Å²) in [5.74, 6) is -2.12. The van der Waals surface area contributed by atoms with E-state index >= 15 is 0 Å². The molecule has 0 spiro atoms. The zero-order chi connectivity index (χ0) is 18.7. The number of carbonyl (C=O) groups is 3. The Morgan fingerprint density at radius 1 is 0.962 bits per heavy atom. The van der Waals surface area contributed by atoms with Crippen molar-refractivity contribution in [3.63, 3.8) is 0 Å². The van der Waals surface area contributed by atoms with E-state index < -0.39 is 24.4 Å². The predicted molar refractivity (Wildman–Crippen MR) is 84.4 cm³/mol. The van der Waals surface area contributed by atoms with Crippen molar-refractivity contribution in [2.24, 2.45) is 0 Å². The van der Waals surface area contributed by atoms with Crippen LogP contribution in [0.1, 0.15) is 32.7 Å². The standard InChI is InChI=1S/C18H13F2NO5/c19-18(20)25-12-8-5-11(6-9-12)7-10-15(22)26-21-16(23)13-3-1-2-4-14(13)17(21)24/h1-6,8-9,18H,7,10H2. The second-order valence-corrected chi connectivity index (χ2v) is 5.44. The van der Waals surface area contributed by atoms with Crippen LogP contribution in [-0.4, -0.2) is 29.5 Å². The molecule has 8 heteroatoms. The Bertz CT molecular complexity index is 816. The number of benzene rings is 2. The zero-order valence-electron chi connectivity index (χ0n) is 13.4. The first-order valence-corrected chi connectivity index (χ1v) is 7.68. The highest BCUT2D eigenvalue weighted by Crippen LogP contribution is 2.23. The molecule has 0 saturated carbocycles. The Labute approximate surface area is 146 Å². The summed E-state index contributed by atoms with van der Waals surface area (Å²) in [6.45, 7) is -2.91. The summed E-state index contributed by atoms with van der Waals surface area (Å²) in [5, 5.41) is 0.451. The van der Waals surface area contributed by atoms with Gasteiger partial charge >= 0.3 is 12.6 Å². The minimum atomic E-state index is -2.91. The average molecular weight is 361 g/mol. The highest BCUT2D eigenvalue weighted by Gasteiger charge is 2.38. The molecule has 0 radical (unpaired) electrons. The van der Waals surface area contributed by atoms with E-state index in [-0.39, 0.29) is 29.7 Å². The fraction of sp³-hybridized carbons (Fsp3) is 0.167. The van der Waals surface area contributed by atoms with Gasteiger partial charge in [-0.15, -0.1) is 0 Å². The third kappa shape index (κ3) is 3.69. The summed E-state index contributed by atoms with van der Waals surface area (Å²) in [6.07, 6.45) is 0.152. The number of hydrogen-bond acceptors (Lipinski definition) is 5. The summed E-state index contributed by atoms with van der Waals surface area (Å²) in [4.78, 5) is 41.0. The van der Waals surface area contributed by atoms with Crippen LogP contribution in [0.25, 0.3) is 0 Å². The Kier molecular flexibility index (Phi) is 4.92. The van der Waals surface area contributed by atoms with Crippen LogP contribution in [0.2, 0.25) is 0 Å². The zero-order valence-corrected chi connectivity index (χ0v) is 13.4. The number of hydroxylamine groups is 2. The lowest BCUT2D eigenvalue weighted by Crippen LogP contribution is -2.32. The number of alkyl halides is 2. The molecule has 1 heterocycles. The second-order valence-electron chi connectivity index (χ2n) is 5.44. The lowest BCUT2D eigenvalue weighted by Gasteiger charge is -2.12. The van der Waals surface area contributed by atoms with Crippen LogP contribution in [0.4, 0.5) is 8.78 Å². The lowest BCUT2D eigenvalue weighted by molar-refractivity contribution is -0.168. The summed E-state index contributed by atoms with van der Waals surface area (Å²) in [5.41, 5.74) is 1.05. The number of carbonyl (C=O) groups excluding carboxylic acids is 3. The van der Waals surface area contributed by atoms with E-state index in [4.69, 9.17) is 4.84 Å². The number of fused-ring (bicyclic) bond motifs is 1. The molecule has 1 aliphatic heterocycles. The van der Waals surface area contributed by atoms with Gasteiger partial charge in [0.25, 0.3) is 11.8 Å². The van der Waals surface area contributed by atoms with Crippen molar-refractivity contribution >= 4 is 17.8 Å². The fourth-order valence-electron chi connectivity index (χ4n) is 2.48. The van der Waals surface area contributed by atoms with E-state index in [9.17, 15) is 23.2 Å². The van der Waals surface area contributed by atoms with E-state index in [0.29, 0.717) is 10.6 Å². The molecule has 26 heavy (non-hydrogen) atoms. The van der Waals surface area contributed by atoms with Crippen LogP contribution in [0.3, 0.4) is 0 Å². The molecule has 0 unspecified atom stereocenters. The summed E-state index contributed by atoms with van der Waals surface area (Å²) in [6, 6.07) is 12.0.